The molecule has 1 fully saturated rings. The van der Waals surface area contributed by atoms with Gasteiger partial charge >= 0.3 is 11.9 Å². The zero-order valence-electron chi connectivity index (χ0n) is 10.8. The average molecular weight is 262 g/mol. The second kappa shape index (κ2) is 6.12. The van der Waals surface area contributed by atoms with Gasteiger partial charge < -0.3 is 24.1 Å². The summed E-state index contributed by atoms with van der Waals surface area (Å²) in [5, 5.41) is 9.72. The SMILES string of the molecule is COC1[C@H](OC(C)=O)C(C)O[C@H](O)[C@@H]1OC(C)=O. The van der Waals surface area contributed by atoms with Crippen molar-refractivity contribution in [1.82, 2.24) is 0 Å². The van der Waals surface area contributed by atoms with Crippen molar-refractivity contribution in [3.8, 4) is 0 Å². The first-order valence-electron chi connectivity index (χ1n) is 5.57. The van der Waals surface area contributed by atoms with Crippen LogP contribution >= 0.6 is 0 Å². The summed E-state index contributed by atoms with van der Waals surface area (Å²) in [7, 11) is 1.38. The van der Waals surface area contributed by atoms with E-state index >= 15 is 0 Å². The highest BCUT2D eigenvalue weighted by Crippen LogP contribution is 2.26. The molecule has 0 aromatic rings. The van der Waals surface area contributed by atoms with E-state index in [1.807, 2.05) is 0 Å². The van der Waals surface area contributed by atoms with Crippen LogP contribution in [0.4, 0.5) is 0 Å². The van der Waals surface area contributed by atoms with Crippen molar-refractivity contribution in [2.45, 2.75) is 51.5 Å². The van der Waals surface area contributed by atoms with E-state index in [-0.39, 0.29) is 0 Å². The smallest absolute Gasteiger partial charge is 0.303 e. The van der Waals surface area contributed by atoms with Crippen molar-refractivity contribution < 1.29 is 33.6 Å². The minimum atomic E-state index is -1.32. The van der Waals surface area contributed by atoms with Crippen LogP contribution in [0, 0.1) is 0 Å². The molecular formula is C11H18O7. The van der Waals surface area contributed by atoms with Crippen molar-refractivity contribution in [1.29, 1.82) is 0 Å². The Labute approximate surface area is 105 Å². The minimum absolute atomic E-state index is 0.504. The summed E-state index contributed by atoms with van der Waals surface area (Å²) in [6.07, 6.45) is -4.45. The summed E-state index contributed by atoms with van der Waals surface area (Å²) in [6, 6.07) is 0. The van der Waals surface area contributed by atoms with Gasteiger partial charge in [0.25, 0.3) is 0 Å². The maximum Gasteiger partial charge on any atom is 0.303 e. The van der Waals surface area contributed by atoms with E-state index < -0.39 is 42.6 Å². The average Bonchev–Trinajstić information content (AvgIpc) is 2.24. The molecule has 0 aromatic carbocycles. The molecule has 7 heteroatoms. The number of carbonyl (C=O) groups excluding carboxylic acids is 2. The molecule has 0 aliphatic carbocycles. The molecule has 0 spiro atoms. The number of hydrogen-bond donors (Lipinski definition) is 1. The van der Waals surface area contributed by atoms with Crippen LogP contribution in [-0.2, 0) is 28.5 Å². The van der Waals surface area contributed by atoms with E-state index in [0.717, 1.165) is 0 Å². The Morgan fingerprint density at radius 2 is 1.56 bits per heavy atom. The van der Waals surface area contributed by atoms with Crippen LogP contribution in [0.5, 0.6) is 0 Å². The van der Waals surface area contributed by atoms with Crippen molar-refractivity contribution in [3.63, 3.8) is 0 Å². The molecule has 0 radical (unpaired) electrons. The fourth-order valence-corrected chi connectivity index (χ4v) is 1.93. The van der Waals surface area contributed by atoms with Crippen molar-refractivity contribution >= 4 is 11.9 Å². The van der Waals surface area contributed by atoms with Gasteiger partial charge in [0.1, 0.15) is 6.10 Å². The first-order chi connectivity index (χ1) is 8.36. The maximum absolute atomic E-state index is 11.0. The van der Waals surface area contributed by atoms with Gasteiger partial charge in [-0.2, -0.15) is 0 Å². The quantitative estimate of drug-likeness (QED) is 0.692. The van der Waals surface area contributed by atoms with Crippen LogP contribution in [0.25, 0.3) is 0 Å². The van der Waals surface area contributed by atoms with E-state index in [2.05, 4.69) is 0 Å². The van der Waals surface area contributed by atoms with E-state index in [1.54, 1.807) is 6.92 Å². The Bertz CT molecular complexity index is 289. The third-order valence-electron chi connectivity index (χ3n) is 2.62. The molecule has 2 unspecified atom stereocenters. The lowest BCUT2D eigenvalue weighted by Gasteiger charge is -2.41. The Balaban J connectivity index is 2.88. The highest BCUT2D eigenvalue weighted by molar-refractivity contribution is 5.67. The molecule has 7 nitrogen and oxygen atoms in total. The van der Waals surface area contributed by atoms with Gasteiger partial charge in [0, 0.05) is 21.0 Å². The van der Waals surface area contributed by atoms with E-state index in [0.29, 0.717) is 0 Å². The third-order valence-corrected chi connectivity index (χ3v) is 2.62. The first kappa shape index (κ1) is 14.9. The molecule has 104 valence electrons. The van der Waals surface area contributed by atoms with Gasteiger partial charge in [0.15, 0.2) is 18.5 Å². The summed E-state index contributed by atoms with van der Waals surface area (Å²) in [4.78, 5) is 22.0. The highest BCUT2D eigenvalue weighted by Gasteiger charge is 2.47. The third kappa shape index (κ3) is 3.41. The highest BCUT2D eigenvalue weighted by atomic mass is 16.7. The lowest BCUT2D eigenvalue weighted by molar-refractivity contribution is -0.289. The molecule has 18 heavy (non-hydrogen) atoms. The normalized spacial score (nSPS) is 35.9. The van der Waals surface area contributed by atoms with Gasteiger partial charge in [-0.05, 0) is 6.92 Å². The number of carbonyl (C=O) groups is 2. The van der Waals surface area contributed by atoms with Crippen LogP contribution in [0.2, 0.25) is 0 Å². The fraction of sp³-hybridized carbons (Fsp3) is 0.818. The molecule has 0 aromatic heterocycles. The Kier molecular flexibility index (Phi) is 5.06. The summed E-state index contributed by atoms with van der Waals surface area (Å²) in [6.45, 7) is 4.09. The lowest BCUT2D eigenvalue weighted by atomic mass is 9.99. The summed E-state index contributed by atoms with van der Waals surface area (Å²) < 4.78 is 20.3. The molecule has 1 heterocycles. The van der Waals surface area contributed by atoms with Crippen molar-refractivity contribution in [2.75, 3.05) is 7.11 Å². The van der Waals surface area contributed by atoms with Crippen LogP contribution in [0.1, 0.15) is 20.8 Å². The number of hydrogen-bond acceptors (Lipinski definition) is 7. The zero-order valence-corrected chi connectivity index (χ0v) is 10.8. The van der Waals surface area contributed by atoms with Gasteiger partial charge in [-0.25, -0.2) is 0 Å². The van der Waals surface area contributed by atoms with Crippen LogP contribution < -0.4 is 0 Å². The number of rotatable bonds is 3. The maximum atomic E-state index is 11.0. The molecule has 1 N–H and O–H groups in total. The first-order valence-corrected chi connectivity index (χ1v) is 5.57. The van der Waals surface area contributed by atoms with Crippen LogP contribution in [0.3, 0.4) is 0 Å². The number of aliphatic hydroxyl groups excluding tert-OH is 1. The Hall–Kier alpha value is -1.18. The number of methoxy groups -OCH3 is 1. The van der Waals surface area contributed by atoms with Gasteiger partial charge in [-0.1, -0.05) is 0 Å². The second-order valence-electron chi connectivity index (χ2n) is 4.08. The fourth-order valence-electron chi connectivity index (χ4n) is 1.93. The lowest BCUT2D eigenvalue weighted by Crippen LogP contribution is -2.59. The molecule has 0 bridgehead atoms. The van der Waals surface area contributed by atoms with Gasteiger partial charge in [0.05, 0.1) is 6.10 Å². The number of aliphatic hydroxyl groups is 1. The van der Waals surface area contributed by atoms with Crippen molar-refractivity contribution in [3.05, 3.63) is 0 Å². The van der Waals surface area contributed by atoms with Gasteiger partial charge in [-0.3, -0.25) is 9.59 Å². The van der Waals surface area contributed by atoms with E-state index in [1.165, 1.54) is 21.0 Å². The largest absolute Gasteiger partial charge is 0.457 e. The summed E-state index contributed by atoms with van der Waals surface area (Å²) in [5.41, 5.74) is 0. The molecule has 1 saturated heterocycles. The Morgan fingerprint density at radius 1 is 1.06 bits per heavy atom. The molecule has 0 amide bonds. The van der Waals surface area contributed by atoms with Crippen LogP contribution in [-0.4, -0.2) is 54.9 Å². The molecule has 1 rings (SSSR count). The molecule has 5 atom stereocenters. The number of esters is 2. The minimum Gasteiger partial charge on any atom is -0.457 e. The van der Waals surface area contributed by atoms with E-state index in [4.69, 9.17) is 18.9 Å². The second-order valence-corrected chi connectivity index (χ2v) is 4.08. The molecular weight excluding hydrogens is 244 g/mol. The summed E-state index contributed by atoms with van der Waals surface area (Å²) in [5.74, 6) is -1.09. The van der Waals surface area contributed by atoms with Gasteiger partial charge in [-0.15, -0.1) is 0 Å². The number of ether oxygens (including phenoxy) is 4. The van der Waals surface area contributed by atoms with Gasteiger partial charge in [0.2, 0.25) is 0 Å². The monoisotopic (exact) mass is 262 g/mol. The van der Waals surface area contributed by atoms with Crippen LogP contribution in [0.15, 0.2) is 0 Å². The molecule has 1 aliphatic rings. The zero-order chi connectivity index (χ0) is 13.9. The topological polar surface area (TPSA) is 91.3 Å². The summed E-state index contributed by atoms with van der Waals surface area (Å²) >= 11 is 0. The predicted molar refractivity (Wildman–Crippen MR) is 58.5 cm³/mol. The predicted octanol–water partition coefficient (Wildman–Crippen LogP) is -0.398. The Morgan fingerprint density at radius 3 is 2.00 bits per heavy atom. The molecule has 0 saturated carbocycles. The van der Waals surface area contributed by atoms with Crippen molar-refractivity contribution in [2.24, 2.45) is 0 Å². The molecule has 1 aliphatic heterocycles. The standard InChI is InChI=1S/C11H18O7/c1-5-8(17-6(2)12)9(15-4)10(11(14)16-5)18-7(3)13/h5,8-11,14H,1-4H3/t5?,8-,9?,10-,11+/m1/s1. The van der Waals surface area contributed by atoms with E-state index in [9.17, 15) is 14.7 Å².